The summed E-state index contributed by atoms with van der Waals surface area (Å²) in [4.78, 5) is 37.2. The molecule has 0 N–H and O–H groups in total. The lowest BCUT2D eigenvalue weighted by atomic mass is 9.53. The molecule has 4 fully saturated rings. The quantitative estimate of drug-likeness (QED) is 0.756. The normalized spacial score (nSPS) is 30.9. The van der Waals surface area contributed by atoms with E-state index in [4.69, 9.17) is 14.2 Å². The lowest BCUT2D eigenvalue weighted by Crippen LogP contribution is -2.56. The molecule has 6 heteroatoms. The fourth-order valence-electron chi connectivity index (χ4n) is 5.46. The van der Waals surface area contributed by atoms with Gasteiger partial charge in [0.1, 0.15) is 22.7 Å². The van der Waals surface area contributed by atoms with Crippen molar-refractivity contribution in [3.63, 3.8) is 0 Å². The molecule has 4 aliphatic rings. The van der Waals surface area contributed by atoms with Crippen LogP contribution >= 0.6 is 0 Å². The van der Waals surface area contributed by atoms with Gasteiger partial charge in [0.05, 0.1) is 19.8 Å². The van der Waals surface area contributed by atoms with Gasteiger partial charge in [0.15, 0.2) is 0 Å². The van der Waals surface area contributed by atoms with E-state index in [1.807, 2.05) is 0 Å². The SMILES string of the molecule is COC(=O)c1cc(C)c(C(=O)OC23CC4CC(C2)C(=O)C(C4)C3)c(OC)c1. The fourth-order valence-corrected chi connectivity index (χ4v) is 5.46. The predicted octanol–water partition coefficient (Wildman–Crippen LogP) is 3.09. The van der Waals surface area contributed by atoms with Gasteiger partial charge >= 0.3 is 11.9 Å². The first-order valence-electron chi connectivity index (χ1n) is 9.40. The molecule has 0 aromatic heterocycles. The van der Waals surface area contributed by atoms with Crippen LogP contribution in [0.4, 0.5) is 0 Å². The van der Waals surface area contributed by atoms with Gasteiger partial charge in [-0.15, -0.1) is 0 Å². The Balaban J connectivity index is 1.62. The van der Waals surface area contributed by atoms with Crippen LogP contribution in [0.15, 0.2) is 12.1 Å². The Morgan fingerprint density at radius 1 is 1.04 bits per heavy atom. The van der Waals surface area contributed by atoms with Gasteiger partial charge in [-0.1, -0.05) is 0 Å². The molecule has 5 rings (SSSR count). The van der Waals surface area contributed by atoms with Gasteiger partial charge in [-0.05, 0) is 62.6 Å². The van der Waals surface area contributed by atoms with E-state index in [0.717, 1.165) is 19.3 Å². The number of aryl methyl sites for hydroxylation is 1. The Morgan fingerprint density at radius 2 is 1.70 bits per heavy atom. The Morgan fingerprint density at radius 3 is 2.30 bits per heavy atom. The molecule has 0 radical (unpaired) electrons. The summed E-state index contributed by atoms with van der Waals surface area (Å²) in [7, 11) is 2.76. The second kappa shape index (κ2) is 6.36. The summed E-state index contributed by atoms with van der Waals surface area (Å²) >= 11 is 0. The molecule has 144 valence electrons. The molecule has 2 unspecified atom stereocenters. The van der Waals surface area contributed by atoms with Crippen molar-refractivity contribution < 1.29 is 28.6 Å². The molecular weight excluding hydrogens is 348 g/mol. The van der Waals surface area contributed by atoms with Gasteiger partial charge in [-0.3, -0.25) is 4.79 Å². The number of methoxy groups -OCH3 is 2. The monoisotopic (exact) mass is 372 g/mol. The van der Waals surface area contributed by atoms with Crippen LogP contribution < -0.4 is 4.74 Å². The van der Waals surface area contributed by atoms with E-state index in [1.54, 1.807) is 13.0 Å². The maximum atomic E-state index is 13.1. The molecular formula is C21H24O6. The molecule has 6 nitrogen and oxygen atoms in total. The van der Waals surface area contributed by atoms with Gasteiger partial charge in [-0.2, -0.15) is 0 Å². The number of carbonyl (C=O) groups is 3. The first-order chi connectivity index (χ1) is 12.9. The van der Waals surface area contributed by atoms with Crippen LogP contribution in [0.1, 0.15) is 58.4 Å². The van der Waals surface area contributed by atoms with E-state index in [2.05, 4.69) is 0 Å². The molecule has 0 heterocycles. The number of benzene rings is 1. The van der Waals surface area contributed by atoms with Crippen molar-refractivity contribution in [1.29, 1.82) is 0 Å². The van der Waals surface area contributed by atoms with E-state index in [1.165, 1.54) is 20.3 Å². The lowest BCUT2D eigenvalue weighted by molar-refractivity contribution is -0.162. The summed E-state index contributed by atoms with van der Waals surface area (Å²) in [6, 6.07) is 3.10. The largest absolute Gasteiger partial charge is 0.496 e. The van der Waals surface area contributed by atoms with Gasteiger partial charge in [0.25, 0.3) is 0 Å². The maximum Gasteiger partial charge on any atom is 0.342 e. The van der Waals surface area contributed by atoms with Gasteiger partial charge in [0, 0.05) is 11.8 Å². The molecule has 1 aromatic carbocycles. The van der Waals surface area contributed by atoms with Crippen LogP contribution in [0.5, 0.6) is 5.75 Å². The third-order valence-corrected chi connectivity index (χ3v) is 6.39. The smallest absolute Gasteiger partial charge is 0.342 e. The third-order valence-electron chi connectivity index (χ3n) is 6.39. The lowest BCUT2D eigenvalue weighted by Gasteiger charge is -2.54. The highest BCUT2D eigenvalue weighted by Gasteiger charge is 2.57. The number of hydrogen-bond acceptors (Lipinski definition) is 6. The number of carbonyl (C=O) groups excluding carboxylic acids is 3. The zero-order chi connectivity index (χ0) is 19.3. The number of ketones is 1. The highest BCUT2D eigenvalue weighted by atomic mass is 16.6. The first kappa shape index (κ1) is 18.0. The average molecular weight is 372 g/mol. The summed E-state index contributed by atoms with van der Waals surface area (Å²) < 4.78 is 16.2. The standard InChI is InChI=1S/C21H24O6/c1-11-4-13(19(23)26-3)7-16(25-2)17(11)20(24)27-21-8-12-5-14(9-21)18(22)15(6-12)10-21/h4,7,12,14-15H,5-6,8-10H2,1-3H3. The fraction of sp³-hybridized carbons (Fsp3) is 0.571. The summed E-state index contributed by atoms with van der Waals surface area (Å²) in [5.74, 6) is 0.251. The van der Waals surface area contributed by atoms with Crippen LogP contribution in [0.2, 0.25) is 0 Å². The molecule has 27 heavy (non-hydrogen) atoms. The van der Waals surface area contributed by atoms with Gasteiger partial charge in [-0.25, -0.2) is 9.59 Å². The Labute approximate surface area is 158 Å². The Bertz CT molecular complexity index is 808. The molecule has 4 saturated carbocycles. The zero-order valence-electron chi connectivity index (χ0n) is 15.9. The molecule has 0 saturated heterocycles. The minimum absolute atomic E-state index is 0.0359. The van der Waals surface area contributed by atoms with Crippen molar-refractivity contribution >= 4 is 17.7 Å². The van der Waals surface area contributed by atoms with Crippen molar-refractivity contribution in [2.75, 3.05) is 14.2 Å². The van der Waals surface area contributed by atoms with Crippen LogP contribution in [0.3, 0.4) is 0 Å². The van der Waals surface area contributed by atoms with Crippen LogP contribution in [-0.2, 0) is 14.3 Å². The van der Waals surface area contributed by atoms with E-state index >= 15 is 0 Å². The van der Waals surface area contributed by atoms with E-state index < -0.39 is 17.5 Å². The van der Waals surface area contributed by atoms with Crippen molar-refractivity contribution in [2.45, 2.75) is 44.6 Å². The summed E-state index contributed by atoms with van der Waals surface area (Å²) in [5, 5.41) is 0. The zero-order valence-corrected chi connectivity index (χ0v) is 15.9. The minimum atomic E-state index is -0.542. The second-order valence-electron chi connectivity index (χ2n) is 8.18. The highest BCUT2D eigenvalue weighted by molar-refractivity contribution is 5.98. The van der Waals surface area contributed by atoms with Gasteiger partial charge < -0.3 is 14.2 Å². The Kier molecular flexibility index (Phi) is 4.24. The van der Waals surface area contributed by atoms with Crippen molar-refractivity contribution in [2.24, 2.45) is 17.8 Å². The molecule has 1 aromatic rings. The number of ether oxygens (including phenoxy) is 3. The summed E-state index contributed by atoms with van der Waals surface area (Å²) in [5.41, 5.74) is 0.705. The van der Waals surface area contributed by atoms with Crippen molar-refractivity contribution in [1.82, 2.24) is 0 Å². The topological polar surface area (TPSA) is 78.9 Å². The average Bonchev–Trinajstić information content (AvgIpc) is 2.63. The summed E-state index contributed by atoms with van der Waals surface area (Å²) in [6.45, 7) is 1.74. The van der Waals surface area contributed by atoms with Gasteiger partial charge in [0.2, 0.25) is 0 Å². The van der Waals surface area contributed by atoms with E-state index in [9.17, 15) is 14.4 Å². The van der Waals surface area contributed by atoms with Crippen LogP contribution in [0.25, 0.3) is 0 Å². The summed E-state index contributed by atoms with van der Waals surface area (Å²) in [6.07, 6.45) is 3.97. The van der Waals surface area contributed by atoms with Crippen molar-refractivity contribution in [3.05, 3.63) is 28.8 Å². The molecule has 0 aliphatic heterocycles. The molecule has 0 spiro atoms. The molecule has 2 atom stereocenters. The van der Waals surface area contributed by atoms with E-state index in [-0.39, 0.29) is 11.8 Å². The predicted molar refractivity (Wildman–Crippen MR) is 95.8 cm³/mol. The second-order valence-corrected chi connectivity index (χ2v) is 8.18. The number of Topliss-reactive ketones (excluding diaryl/α,β-unsaturated/α-hetero) is 1. The first-order valence-corrected chi connectivity index (χ1v) is 9.40. The third kappa shape index (κ3) is 2.91. The van der Waals surface area contributed by atoms with Crippen LogP contribution in [0, 0.1) is 24.7 Å². The number of rotatable bonds is 4. The van der Waals surface area contributed by atoms with Crippen LogP contribution in [-0.4, -0.2) is 37.5 Å². The number of hydrogen-bond donors (Lipinski definition) is 0. The van der Waals surface area contributed by atoms with Crippen molar-refractivity contribution in [3.8, 4) is 5.75 Å². The molecule has 0 amide bonds. The highest BCUT2D eigenvalue weighted by Crippen LogP contribution is 2.55. The maximum absolute atomic E-state index is 13.1. The van der Waals surface area contributed by atoms with E-state index in [0.29, 0.717) is 47.0 Å². The molecule has 4 aliphatic carbocycles. The minimum Gasteiger partial charge on any atom is -0.496 e. The Hall–Kier alpha value is -2.37. The number of esters is 2. The molecule has 4 bridgehead atoms.